The molecule has 3 aromatic rings. The molecule has 0 N–H and O–H groups in total. The van der Waals surface area contributed by atoms with Gasteiger partial charge in [-0.05, 0) is 54.1 Å². The molecule has 0 aliphatic carbocycles. The van der Waals surface area contributed by atoms with Crippen molar-refractivity contribution in [1.29, 1.82) is 0 Å². The van der Waals surface area contributed by atoms with Gasteiger partial charge in [-0.1, -0.05) is 24.3 Å². The van der Waals surface area contributed by atoms with E-state index in [1.807, 2.05) is 6.07 Å². The third-order valence-corrected chi connectivity index (χ3v) is 6.24. The van der Waals surface area contributed by atoms with Gasteiger partial charge in [0.25, 0.3) is 10.0 Å². The maximum Gasteiger partial charge on any atom is 0.264 e. The fraction of sp³-hybridized carbons (Fsp3) is 0.143. The molecule has 3 aromatic carbocycles. The van der Waals surface area contributed by atoms with E-state index in [9.17, 15) is 8.42 Å². The summed E-state index contributed by atoms with van der Waals surface area (Å²) < 4.78 is 44.0. The molecule has 0 spiro atoms. The van der Waals surface area contributed by atoms with Gasteiger partial charge >= 0.3 is 0 Å². The minimum atomic E-state index is -3.77. The Balaban J connectivity index is 1.74. The van der Waals surface area contributed by atoms with Crippen LogP contribution in [0.15, 0.2) is 77.7 Å². The number of hydrogen-bond acceptors (Lipinski definition) is 5. The molecule has 0 radical (unpaired) electrons. The molecule has 0 saturated carbocycles. The number of nitrogens with zero attached hydrogens (tertiary/aromatic N) is 1. The van der Waals surface area contributed by atoms with Crippen molar-refractivity contribution in [1.82, 2.24) is 0 Å². The van der Waals surface area contributed by atoms with Crippen LogP contribution in [-0.2, 0) is 16.6 Å². The van der Waals surface area contributed by atoms with Crippen LogP contribution in [0.4, 0.5) is 5.69 Å². The molecule has 0 amide bonds. The minimum absolute atomic E-state index is 0.153. The van der Waals surface area contributed by atoms with E-state index >= 15 is 0 Å². The first-order valence-electron chi connectivity index (χ1n) is 8.68. The fourth-order valence-corrected chi connectivity index (χ4v) is 4.46. The highest BCUT2D eigenvalue weighted by atomic mass is 32.2. The zero-order valence-electron chi connectivity index (χ0n) is 15.2. The molecule has 6 nitrogen and oxygen atoms in total. The van der Waals surface area contributed by atoms with Gasteiger partial charge in [0.2, 0.25) is 6.79 Å². The molecule has 28 heavy (non-hydrogen) atoms. The van der Waals surface area contributed by atoms with E-state index in [0.717, 1.165) is 5.56 Å². The van der Waals surface area contributed by atoms with Gasteiger partial charge in [0.15, 0.2) is 11.5 Å². The molecule has 4 rings (SSSR count). The fourth-order valence-electron chi connectivity index (χ4n) is 2.99. The molecular formula is C21H19NO5S. The van der Waals surface area contributed by atoms with Gasteiger partial charge in [0.05, 0.1) is 24.2 Å². The van der Waals surface area contributed by atoms with Crippen molar-refractivity contribution in [2.24, 2.45) is 0 Å². The number of anilines is 1. The summed E-state index contributed by atoms with van der Waals surface area (Å²) in [6.07, 6.45) is 0. The van der Waals surface area contributed by atoms with Gasteiger partial charge in [0, 0.05) is 0 Å². The maximum atomic E-state index is 13.4. The summed E-state index contributed by atoms with van der Waals surface area (Å²) in [5.74, 6) is 1.93. The molecule has 0 fully saturated rings. The van der Waals surface area contributed by atoms with Crippen LogP contribution in [0.5, 0.6) is 17.2 Å². The molecule has 7 heteroatoms. The lowest BCUT2D eigenvalue weighted by Crippen LogP contribution is -2.30. The third kappa shape index (κ3) is 3.48. The van der Waals surface area contributed by atoms with Crippen molar-refractivity contribution >= 4 is 15.7 Å². The maximum absolute atomic E-state index is 13.4. The van der Waals surface area contributed by atoms with E-state index < -0.39 is 10.0 Å². The SMILES string of the molecule is COc1ccc(N(Cc2ccc3c(c2)OCO3)S(=O)(=O)c2ccccc2)cc1. The van der Waals surface area contributed by atoms with Crippen molar-refractivity contribution in [3.8, 4) is 17.2 Å². The monoisotopic (exact) mass is 397 g/mol. The molecule has 0 unspecified atom stereocenters. The highest BCUT2D eigenvalue weighted by molar-refractivity contribution is 7.92. The lowest BCUT2D eigenvalue weighted by Gasteiger charge is -2.25. The summed E-state index contributed by atoms with van der Waals surface area (Å²) >= 11 is 0. The molecule has 144 valence electrons. The van der Waals surface area contributed by atoms with Crippen LogP contribution in [0.3, 0.4) is 0 Å². The number of rotatable bonds is 6. The van der Waals surface area contributed by atoms with Crippen LogP contribution in [0.2, 0.25) is 0 Å². The standard InChI is InChI=1S/C21H19NO5S/c1-25-18-10-8-17(9-11-18)22(28(23,24)19-5-3-2-4-6-19)14-16-7-12-20-21(13-16)27-15-26-20/h2-13H,14-15H2,1H3. The first kappa shape index (κ1) is 18.2. The topological polar surface area (TPSA) is 65.1 Å². The van der Waals surface area contributed by atoms with E-state index in [1.54, 1.807) is 73.8 Å². The number of methoxy groups -OCH3 is 1. The number of benzene rings is 3. The minimum Gasteiger partial charge on any atom is -0.497 e. The van der Waals surface area contributed by atoms with Gasteiger partial charge in [-0.2, -0.15) is 0 Å². The number of fused-ring (bicyclic) bond motifs is 1. The number of hydrogen-bond donors (Lipinski definition) is 0. The van der Waals surface area contributed by atoms with Gasteiger partial charge < -0.3 is 14.2 Å². The van der Waals surface area contributed by atoms with Gasteiger partial charge in [-0.15, -0.1) is 0 Å². The molecule has 1 aliphatic heterocycles. The van der Waals surface area contributed by atoms with Crippen molar-refractivity contribution in [3.63, 3.8) is 0 Å². The number of ether oxygens (including phenoxy) is 3. The Hall–Kier alpha value is -3.19. The van der Waals surface area contributed by atoms with E-state index in [1.165, 1.54) is 4.31 Å². The first-order valence-corrected chi connectivity index (χ1v) is 10.1. The highest BCUT2D eigenvalue weighted by Crippen LogP contribution is 2.34. The van der Waals surface area contributed by atoms with Crippen LogP contribution in [0, 0.1) is 0 Å². The normalized spacial score (nSPS) is 12.6. The first-order chi connectivity index (χ1) is 13.6. The molecule has 0 saturated heterocycles. The summed E-state index contributed by atoms with van der Waals surface area (Å²) in [4.78, 5) is 0.228. The molecular weight excluding hydrogens is 378 g/mol. The van der Waals surface area contributed by atoms with E-state index in [0.29, 0.717) is 22.9 Å². The van der Waals surface area contributed by atoms with Crippen LogP contribution in [0.1, 0.15) is 5.56 Å². The van der Waals surface area contributed by atoms with E-state index in [-0.39, 0.29) is 18.2 Å². The summed E-state index contributed by atoms with van der Waals surface area (Å²) in [6.45, 7) is 0.323. The Bertz CT molecular complexity index is 1070. The van der Waals surface area contributed by atoms with Crippen molar-refractivity contribution < 1.29 is 22.6 Å². The summed E-state index contributed by atoms with van der Waals surface area (Å²) in [5.41, 5.74) is 1.34. The van der Waals surface area contributed by atoms with E-state index in [4.69, 9.17) is 14.2 Å². The molecule has 1 heterocycles. The van der Waals surface area contributed by atoms with Crippen molar-refractivity contribution in [2.45, 2.75) is 11.4 Å². The second-order valence-electron chi connectivity index (χ2n) is 6.21. The Kier molecular flexibility index (Phi) is 4.83. The Morgan fingerprint density at radius 2 is 1.64 bits per heavy atom. The predicted octanol–water partition coefficient (Wildman–Crippen LogP) is 3.82. The van der Waals surface area contributed by atoms with Gasteiger partial charge in [-0.3, -0.25) is 4.31 Å². The van der Waals surface area contributed by atoms with Gasteiger partial charge in [0.1, 0.15) is 5.75 Å². The molecule has 0 aromatic heterocycles. The van der Waals surface area contributed by atoms with E-state index in [2.05, 4.69) is 0 Å². The summed E-state index contributed by atoms with van der Waals surface area (Å²) in [5, 5.41) is 0. The summed E-state index contributed by atoms with van der Waals surface area (Å²) in [7, 11) is -2.20. The van der Waals surface area contributed by atoms with Crippen molar-refractivity contribution in [2.75, 3.05) is 18.2 Å². The zero-order valence-corrected chi connectivity index (χ0v) is 16.1. The second-order valence-corrected chi connectivity index (χ2v) is 8.07. The molecule has 0 atom stereocenters. The Morgan fingerprint density at radius 1 is 0.929 bits per heavy atom. The molecule has 0 bridgehead atoms. The van der Waals surface area contributed by atoms with Gasteiger partial charge in [-0.25, -0.2) is 8.42 Å². The van der Waals surface area contributed by atoms with Crippen LogP contribution < -0.4 is 18.5 Å². The lowest BCUT2D eigenvalue weighted by atomic mass is 10.2. The van der Waals surface area contributed by atoms with Crippen LogP contribution >= 0.6 is 0 Å². The predicted molar refractivity (Wildman–Crippen MR) is 105 cm³/mol. The smallest absolute Gasteiger partial charge is 0.264 e. The molecule has 1 aliphatic rings. The quantitative estimate of drug-likeness (QED) is 0.633. The summed E-state index contributed by atoms with van der Waals surface area (Å²) in [6, 6.07) is 20.7. The average Bonchev–Trinajstić information content (AvgIpc) is 3.20. The second kappa shape index (κ2) is 7.44. The third-order valence-electron chi connectivity index (χ3n) is 4.45. The zero-order chi connectivity index (χ0) is 19.6. The lowest BCUT2D eigenvalue weighted by molar-refractivity contribution is 0.174. The highest BCUT2D eigenvalue weighted by Gasteiger charge is 2.26. The van der Waals surface area contributed by atoms with Crippen LogP contribution in [-0.4, -0.2) is 22.3 Å². The Morgan fingerprint density at radius 3 is 2.36 bits per heavy atom. The number of sulfonamides is 1. The average molecular weight is 397 g/mol. The largest absolute Gasteiger partial charge is 0.497 e. The van der Waals surface area contributed by atoms with Crippen molar-refractivity contribution in [3.05, 3.63) is 78.4 Å². The Labute approximate surface area is 163 Å². The van der Waals surface area contributed by atoms with Crippen LogP contribution in [0.25, 0.3) is 0 Å².